The number of aliphatic hydroxyl groups is 1. The molecule has 0 aromatic heterocycles. The summed E-state index contributed by atoms with van der Waals surface area (Å²) < 4.78 is 0. The molecule has 2 nitrogen and oxygen atoms in total. The molecule has 2 heteroatoms. The van der Waals surface area contributed by atoms with Gasteiger partial charge in [0.2, 0.25) is 0 Å². The van der Waals surface area contributed by atoms with Gasteiger partial charge in [-0.3, -0.25) is 0 Å². The lowest BCUT2D eigenvalue weighted by Gasteiger charge is -2.03. The van der Waals surface area contributed by atoms with E-state index in [4.69, 9.17) is 0 Å². The van der Waals surface area contributed by atoms with E-state index in [9.17, 15) is 5.11 Å². The summed E-state index contributed by atoms with van der Waals surface area (Å²) >= 11 is 0. The van der Waals surface area contributed by atoms with Crippen LogP contribution in [-0.2, 0) is 6.42 Å². The summed E-state index contributed by atoms with van der Waals surface area (Å²) in [5.74, 6) is 0. The standard InChI is InChI=1S/C9H11NO/c10-9-7-4-2-1-3-6(7)5-8(9)11/h1-4,8-9,11H,5,10H2/p+1/t8-,9+/m0/s1. The van der Waals surface area contributed by atoms with Gasteiger partial charge in [-0.1, -0.05) is 24.3 Å². The fourth-order valence-electron chi connectivity index (χ4n) is 1.66. The van der Waals surface area contributed by atoms with E-state index in [1.807, 2.05) is 18.2 Å². The minimum absolute atomic E-state index is 0.0752. The van der Waals surface area contributed by atoms with Crippen molar-refractivity contribution >= 4 is 0 Å². The van der Waals surface area contributed by atoms with Gasteiger partial charge in [0.15, 0.2) is 0 Å². The molecule has 4 N–H and O–H groups in total. The Kier molecular flexibility index (Phi) is 1.44. The topological polar surface area (TPSA) is 47.9 Å². The van der Waals surface area contributed by atoms with Crippen LogP contribution in [0.5, 0.6) is 0 Å². The van der Waals surface area contributed by atoms with Crippen molar-refractivity contribution < 1.29 is 10.8 Å². The van der Waals surface area contributed by atoms with E-state index in [1.165, 1.54) is 11.1 Å². The van der Waals surface area contributed by atoms with Gasteiger partial charge in [0.25, 0.3) is 0 Å². The fraction of sp³-hybridized carbons (Fsp3) is 0.333. The second-order valence-corrected chi connectivity index (χ2v) is 3.08. The molecule has 2 atom stereocenters. The first-order valence-corrected chi connectivity index (χ1v) is 3.88. The Balaban J connectivity index is 2.47. The van der Waals surface area contributed by atoms with Crippen LogP contribution in [0.4, 0.5) is 0 Å². The van der Waals surface area contributed by atoms with Crippen LogP contribution >= 0.6 is 0 Å². The number of fused-ring (bicyclic) bond motifs is 1. The summed E-state index contributed by atoms with van der Waals surface area (Å²) in [5, 5.41) is 9.46. The van der Waals surface area contributed by atoms with Crippen molar-refractivity contribution in [3.05, 3.63) is 35.4 Å². The predicted octanol–water partition coefficient (Wildman–Crippen LogP) is -0.113. The molecule has 0 saturated carbocycles. The lowest BCUT2D eigenvalue weighted by atomic mass is 10.1. The molecule has 0 radical (unpaired) electrons. The van der Waals surface area contributed by atoms with Gasteiger partial charge in [0.05, 0.1) is 0 Å². The zero-order valence-corrected chi connectivity index (χ0v) is 6.33. The first-order chi connectivity index (χ1) is 5.29. The molecule has 1 aliphatic carbocycles. The van der Waals surface area contributed by atoms with Gasteiger partial charge >= 0.3 is 0 Å². The van der Waals surface area contributed by atoms with Crippen molar-refractivity contribution in [2.45, 2.75) is 18.6 Å². The highest BCUT2D eigenvalue weighted by atomic mass is 16.3. The number of benzene rings is 1. The number of rotatable bonds is 0. The molecular weight excluding hydrogens is 138 g/mol. The van der Waals surface area contributed by atoms with Gasteiger partial charge < -0.3 is 10.8 Å². The zero-order valence-electron chi connectivity index (χ0n) is 6.33. The maximum atomic E-state index is 9.46. The largest absolute Gasteiger partial charge is 0.386 e. The molecule has 2 rings (SSSR count). The van der Waals surface area contributed by atoms with Crippen molar-refractivity contribution in [3.8, 4) is 0 Å². The Morgan fingerprint density at radius 1 is 1.36 bits per heavy atom. The molecule has 1 aliphatic rings. The molecular formula is C9H12NO+. The third kappa shape index (κ3) is 0.951. The Hall–Kier alpha value is -0.860. The quantitative estimate of drug-likeness (QED) is 0.532. The van der Waals surface area contributed by atoms with Crippen LogP contribution in [-0.4, -0.2) is 11.2 Å². The summed E-state index contributed by atoms with van der Waals surface area (Å²) in [5.41, 5.74) is 6.37. The summed E-state index contributed by atoms with van der Waals surface area (Å²) in [6.07, 6.45) is 0.497. The van der Waals surface area contributed by atoms with Crippen molar-refractivity contribution in [2.75, 3.05) is 0 Å². The summed E-state index contributed by atoms with van der Waals surface area (Å²) in [6.45, 7) is 0. The maximum absolute atomic E-state index is 9.46. The molecule has 1 aromatic rings. The average Bonchev–Trinajstić information content (AvgIpc) is 2.30. The molecule has 11 heavy (non-hydrogen) atoms. The zero-order chi connectivity index (χ0) is 7.84. The molecule has 0 fully saturated rings. The molecule has 58 valence electrons. The minimum atomic E-state index is -0.271. The molecule has 1 aromatic carbocycles. The molecule has 0 amide bonds. The van der Waals surface area contributed by atoms with Crippen molar-refractivity contribution in [2.24, 2.45) is 0 Å². The lowest BCUT2D eigenvalue weighted by Crippen LogP contribution is -2.57. The summed E-state index contributed by atoms with van der Waals surface area (Å²) in [6, 6.07) is 8.18. The molecule has 0 bridgehead atoms. The molecule has 0 spiro atoms. The van der Waals surface area contributed by atoms with Gasteiger partial charge in [-0.15, -0.1) is 0 Å². The summed E-state index contributed by atoms with van der Waals surface area (Å²) in [4.78, 5) is 0. The highest BCUT2D eigenvalue weighted by Gasteiger charge is 2.30. The normalized spacial score (nSPS) is 28.5. The van der Waals surface area contributed by atoms with Crippen LogP contribution in [0.25, 0.3) is 0 Å². The Morgan fingerprint density at radius 2 is 2.09 bits per heavy atom. The van der Waals surface area contributed by atoms with Gasteiger partial charge in [-0.2, -0.15) is 0 Å². The predicted molar refractivity (Wildman–Crippen MR) is 41.8 cm³/mol. The number of quaternary nitrogens is 1. The second kappa shape index (κ2) is 2.32. The molecule has 0 aliphatic heterocycles. The van der Waals surface area contributed by atoms with E-state index in [1.54, 1.807) is 0 Å². The first-order valence-electron chi connectivity index (χ1n) is 3.88. The third-order valence-electron chi connectivity index (χ3n) is 2.35. The minimum Gasteiger partial charge on any atom is -0.386 e. The van der Waals surface area contributed by atoms with Gasteiger partial charge in [-0.25, -0.2) is 0 Å². The van der Waals surface area contributed by atoms with Gasteiger partial charge in [0, 0.05) is 12.0 Å². The van der Waals surface area contributed by atoms with Crippen molar-refractivity contribution in [1.82, 2.24) is 0 Å². The van der Waals surface area contributed by atoms with E-state index in [0.29, 0.717) is 0 Å². The highest BCUT2D eigenvalue weighted by Crippen LogP contribution is 2.27. The molecule has 0 heterocycles. The molecule has 0 unspecified atom stereocenters. The monoisotopic (exact) mass is 150 g/mol. The highest BCUT2D eigenvalue weighted by molar-refractivity contribution is 5.34. The SMILES string of the molecule is [NH3+][C@@H]1c2ccccc2C[C@@H]1O. The number of hydrogen-bond acceptors (Lipinski definition) is 1. The third-order valence-corrected chi connectivity index (χ3v) is 2.35. The van der Waals surface area contributed by atoms with Crippen molar-refractivity contribution in [3.63, 3.8) is 0 Å². The van der Waals surface area contributed by atoms with Crippen LogP contribution in [0.1, 0.15) is 17.2 Å². The van der Waals surface area contributed by atoms with Crippen LogP contribution in [0, 0.1) is 0 Å². The van der Waals surface area contributed by atoms with E-state index >= 15 is 0 Å². The number of aliphatic hydroxyl groups excluding tert-OH is 1. The summed E-state index contributed by atoms with van der Waals surface area (Å²) in [7, 11) is 0. The second-order valence-electron chi connectivity index (χ2n) is 3.08. The fourth-order valence-corrected chi connectivity index (χ4v) is 1.66. The van der Waals surface area contributed by atoms with Crippen LogP contribution < -0.4 is 5.73 Å². The smallest absolute Gasteiger partial charge is 0.137 e. The van der Waals surface area contributed by atoms with Crippen molar-refractivity contribution in [1.29, 1.82) is 0 Å². The van der Waals surface area contributed by atoms with E-state index in [2.05, 4.69) is 11.8 Å². The number of hydrogen-bond donors (Lipinski definition) is 2. The van der Waals surface area contributed by atoms with Gasteiger partial charge in [0.1, 0.15) is 12.1 Å². The Morgan fingerprint density at radius 3 is 2.82 bits per heavy atom. The van der Waals surface area contributed by atoms with E-state index in [-0.39, 0.29) is 12.1 Å². The Bertz CT molecular complexity index is 272. The van der Waals surface area contributed by atoms with E-state index in [0.717, 1.165) is 6.42 Å². The maximum Gasteiger partial charge on any atom is 0.137 e. The Labute approximate surface area is 65.7 Å². The van der Waals surface area contributed by atoms with Gasteiger partial charge in [-0.05, 0) is 5.56 Å². The first kappa shape index (κ1) is 6.83. The van der Waals surface area contributed by atoms with Crippen LogP contribution in [0.2, 0.25) is 0 Å². The van der Waals surface area contributed by atoms with Crippen LogP contribution in [0.3, 0.4) is 0 Å². The average molecular weight is 150 g/mol. The van der Waals surface area contributed by atoms with Crippen LogP contribution in [0.15, 0.2) is 24.3 Å². The molecule has 0 saturated heterocycles. The lowest BCUT2D eigenvalue weighted by molar-refractivity contribution is -0.441. The van der Waals surface area contributed by atoms with E-state index < -0.39 is 0 Å².